The van der Waals surface area contributed by atoms with Gasteiger partial charge in [0.05, 0.1) is 5.69 Å². The van der Waals surface area contributed by atoms with Crippen LogP contribution in [0.25, 0.3) is 0 Å². The Morgan fingerprint density at radius 2 is 2.28 bits per heavy atom. The van der Waals surface area contributed by atoms with Crippen LogP contribution < -0.4 is 5.32 Å². The fourth-order valence-electron chi connectivity index (χ4n) is 3.64. The Balaban J connectivity index is 1.57. The summed E-state index contributed by atoms with van der Waals surface area (Å²) in [6.07, 6.45) is 9.74. The zero-order valence-electron chi connectivity index (χ0n) is 11.6. The van der Waals surface area contributed by atoms with Gasteiger partial charge in [0, 0.05) is 31.4 Å². The highest BCUT2D eigenvalue weighted by molar-refractivity contribution is 5.16. The molecular weight excluding hydrogens is 222 g/mol. The quantitative estimate of drug-likeness (QED) is 0.826. The molecule has 98 valence electrons. The first kappa shape index (κ1) is 12.0. The van der Waals surface area contributed by atoms with E-state index in [1.807, 2.05) is 11.7 Å². The normalized spacial score (nSPS) is 31.2. The molecule has 0 aliphatic heterocycles. The van der Waals surface area contributed by atoms with E-state index in [9.17, 15) is 0 Å². The van der Waals surface area contributed by atoms with Gasteiger partial charge in [0.1, 0.15) is 0 Å². The van der Waals surface area contributed by atoms with Crippen LogP contribution in [-0.4, -0.2) is 15.8 Å². The predicted molar refractivity (Wildman–Crippen MR) is 73.1 cm³/mol. The largest absolute Gasteiger partial charge is 0.310 e. The van der Waals surface area contributed by atoms with E-state index in [1.54, 1.807) is 0 Å². The Bertz CT molecular complexity index is 460. The molecule has 1 heterocycles. The second kappa shape index (κ2) is 4.54. The van der Waals surface area contributed by atoms with Crippen molar-refractivity contribution in [1.29, 1.82) is 0 Å². The molecule has 3 nitrogen and oxygen atoms in total. The van der Waals surface area contributed by atoms with E-state index in [4.69, 9.17) is 0 Å². The van der Waals surface area contributed by atoms with Crippen LogP contribution in [-0.2, 0) is 13.6 Å². The van der Waals surface area contributed by atoms with Crippen LogP contribution in [0.5, 0.6) is 0 Å². The van der Waals surface area contributed by atoms with Crippen molar-refractivity contribution in [2.75, 3.05) is 0 Å². The van der Waals surface area contributed by atoms with E-state index in [-0.39, 0.29) is 0 Å². The predicted octanol–water partition coefficient (Wildman–Crippen LogP) is 2.42. The first-order valence-corrected chi connectivity index (χ1v) is 7.04. The first-order chi connectivity index (χ1) is 8.63. The maximum absolute atomic E-state index is 4.39. The summed E-state index contributed by atoms with van der Waals surface area (Å²) in [6.45, 7) is 5.37. The Hall–Kier alpha value is -1.09. The van der Waals surface area contributed by atoms with E-state index >= 15 is 0 Å². The van der Waals surface area contributed by atoms with Crippen LogP contribution in [0.4, 0.5) is 0 Å². The van der Waals surface area contributed by atoms with Crippen molar-refractivity contribution in [2.24, 2.45) is 24.8 Å². The van der Waals surface area contributed by atoms with E-state index in [1.165, 1.54) is 18.4 Å². The molecule has 0 spiro atoms. The molecule has 1 fully saturated rings. The molecule has 1 N–H and O–H groups in total. The van der Waals surface area contributed by atoms with Gasteiger partial charge in [0.25, 0.3) is 0 Å². The average molecular weight is 245 g/mol. The van der Waals surface area contributed by atoms with Gasteiger partial charge in [0.2, 0.25) is 0 Å². The summed E-state index contributed by atoms with van der Waals surface area (Å²) < 4.78 is 1.90. The maximum atomic E-state index is 4.39. The van der Waals surface area contributed by atoms with Crippen LogP contribution in [0.3, 0.4) is 0 Å². The summed E-state index contributed by atoms with van der Waals surface area (Å²) in [4.78, 5) is 0. The number of nitrogens with one attached hydrogen (secondary N) is 1. The van der Waals surface area contributed by atoms with Crippen LogP contribution in [0.15, 0.2) is 18.3 Å². The zero-order valence-corrected chi connectivity index (χ0v) is 11.6. The van der Waals surface area contributed by atoms with E-state index in [0.717, 1.165) is 30.0 Å². The second-order valence-electron chi connectivity index (χ2n) is 6.03. The molecule has 4 unspecified atom stereocenters. The molecule has 18 heavy (non-hydrogen) atoms. The molecule has 1 aromatic heterocycles. The van der Waals surface area contributed by atoms with Crippen molar-refractivity contribution in [1.82, 2.24) is 15.1 Å². The molecule has 2 aliphatic rings. The highest BCUT2D eigenvalue weighted by Gasteiger charge is 2.38. The van der Waals surface area contributed by atoms with Gasteiger partial charge < -0.3 is 5.32 Å². The van der Waals surface area contributed by atoms with Crippen LogP contribution >= 0.6 is 0 Å². The van der Waals surface area contributed by atoms with Crippen molar-refractivity contribution in [3.63, 3.8) is 0 Å². The lowest BCUT2D eigenvalue weighted by Crippen LogP contribution is -2.35. The van der Waals surface area contributed by atoms with E-state index in [2.05, 4.69) is 42.6 Å². The Kier molecular flexibility index (Phi) is 3.02. The lowest BCUT2D eigenvalue weighted by atomic mass is 9.87. The Labute approximate surface area is 109 Å². The molecule has 0 radical (unpaired) electrons. The van der Waals surface area contributed by atoms with Gasteiger partial charge in [-0.25, -0.2) is 0 Å². The molecule has 2 aliphatic carbocycles. The Morgan fingerprint density at radius 3 is 2.83 bits per heavy atom. The molecular formula is C15H23N3. The lowest BCUT2D eigenvalue weighted by molar-refractivity contribution is 0.326. The van der Waals surface area contributed by atoms with Gasteiger partial charge in [-0.2, -0.15) is 5.10 Å². The van der Waals surface area contributed by atoms with E-state index in [0.29, 0.717) is 6.04 Å². The van der Waals surface area contributed by atoms with Gasteiger partial charge in [-0.1, -0.05) is 12.2 Å². The maximum Gasteiger partial charge on any atom is 0.0638 e. The third-order valence-corrected chi connectivity index (χ3v) is 4.70. The molecule has 1 saturated carbocycles. The van der Waals surface area contributed by atoms with Crippen molar-refractivity contribution < 1.29 is 0 Å². The minimum atomic E-state index is 0.601. The molecule has 4 atom stereocenters. The average Bonchev–Trinajstić information content (AvgIpc) is 3.01. The van der Waals surface area contributed by atoms with Gasteiger partial charge >= 0.3 is 0 Å². The van der Waals surface area contributed by atoms with Crippen molar-refractivity contribution in [3.05, 3.63) is 29.6 Å². The van der Waals surface area contributed by atoms with Crippen LogP contribution in [0.2, 0.25) is 0 Å². The number of aryl methyl sites for hydroxylation is 2. The third-order valence-electron chi connectivity index (χ3n) is 4.70. The van der Waals surface area contributed by atoms with Crippen LogP contribution in [0, 0.1) is 24.7 Å². The molecule has 1 aromatic rings. The number of allylic oxidation sites excluding steroid dienone is 2. The zero-order chi connectivity index (χ0) is 12.7. The number of nitrogens with zero attached hydrogens (tertiary/aromatic N) is 2. The van der Waals surface area contributed by atoms with Crippen molar-refractivity contribution in [2.45, 2.75) is 39.3 Å². The van der Waals surface area contributed by atoms with Gasteiger partial charge in [-0.3, -0.25) is 4.68 Å². The minimum absolute atomic E-state index is 0.601. The fraction of sp³-hybridized carbons (Fsp3) is 0.667. The van der Waals surface area contributed by atoms with Gasteiger partial charge in [-0.05, 0) is 44.4 Å². The molecule has 0 amide bonds. The number of rotatable bonds is 4. The summed E-state index contributed by atoms with van der Waals surface area (Å²) in [5.74, 6) is 2.52. The fourth-order valence-corrected chi connectivity index (χ4v) is 3.64. The smallest absolute Gasteiger partial charge is 0.0638 e. The summed E-state index contributed by atoms with van der Waals surface area (Å²) >= 11 is 0. The Morgan fingerprint density at radius 1 is 1.44 bits per heavy atom. The summed E-state index contributed by atoms with van der Waals surface area (Å²) in [5, 5.41) is 8.08. The van der Waals surface area contributed by atoms with Crippen molar-refractivity contribution in [3.8, 4) is 0 Å². The van der Waals surface area contributed by atoms with Crippen LogP contribution in [0.1, 0.15) is 31.0 Å². The summed E-state index contributed by atoms with van der Waals surface area (Å²) in [6, 6.07) is 0.601. The van der Waals surface area contributed by atoms with Crippen molar-refractivity contribution >= 4 is 0 Å². The summed E-state index contributed by atoms with van der Waals surface area (Å²) in [5.41, 5.74) is 2.47. The topological polar surface area (TPSA) is 29.9 Å². The molecule has 0 saturated heterocycles. The molecule has 3 heteroatoms. The third kappa shape index (κ3) is 2.12. The minimum Gasteiger partial charge on any atom is -0.310 e. The number of aromatic nitrogens is 2. The number of fused-ring (bicyclic) bond motifs is 2. The molecule has 0 aromatic carbocycles. The monoisotopic (exact) mass is 245 g/mol. The highest BCUT2D eigenvalue weighted by Crippen LogP contribution is 2.44. The first-order valence-electron chi connectivity index (χ1n) is 7.04. The van der Waals surface area contributed by atoms with Gasteiger partial charge in [0.15, 0.2) is 0 Å². The number of hydrogen-bond acceptors (Lipinski definition) is 2. The SMILES string of the molecule is Cc1nn(C)cc1CNC(C)C1CC2C=CC1C2. The number of hydrogen-bond donors (Lipinski definition) is 1. The molecule has 2 bridgehead atoms. The van der Waals surface area contributed by atoms with E-state index < -0.39 is 0 Å². The lowest BCUT2D eigenvalue weighted by Gasteiger charge is -2.26. The standard InChI is InChI=1S/C15H23N3/c1-10-14(9-18(3)17-10)8-16-11(2)15-7-12-4-5-13(15)6-12/h4-5,9,11-13,15-16H,6-8H2,1-3H3. The molecule has 3 rings (SSSR count). The summed E-state index contributed by atoms with van der Waals surface area (Å²) in [7, 11) is 1.99. The van der Waals surface area contributed by atoms with Gasteiger partial charge in [-0.15, -0.1) is 0 Å². The second-order valence-corrected chi connectivity index (χ2v) is 6.03. The highest BCUT2D eigenvalue weighted by atomic mass is 15.2.